The van der Waals surface area contributed by atoms with E-state index in [4.69, 9.17) is 9.73 Å². The molecule has 22 heavy (non-hydrogen) atoms. The molecule has 1 aliphatic heterocycles. The van der Waals surface area contributed by atoms with Crippen molar-refractivity contribution in [2.24, 2.45) is 21.7 Å². The molecule has 0 aromatic heterocycles. The highest BCUT2D eigenvalue weighted by atomic mass is 16.5. The van der Waals surface area contributed by atoms with Crippen molar-refractivity contribution >= 4 is 5.90 Å². The van der Waals surface area contributed by atoms with Gasteiger partial charge in [0.15, 0.2) is 5.90 Å². The molecule has 2 fully saturated rings. The van der Waals surface area contributed by atoms with Crippen LogP contribution in [0, 0.1) is 16.7 Å². The zero-order valence-electron chi connectivity index (χ0n) is 13.2. The monoisotopic (exact) mass is 297 g/mol. The van der Waals surface area contributed by atoms with Gasteiger partial charge < -0.3 is 9.84 Å². The van der Waals surface area contributed by atoms with E-state index >= 15 is 0 Å². The summed E-state index contributed by atoms with van der Waals surface area (Å²) in [5.41, 5.74) is 2.52. The van der Waals surface area contributed by atoms with Gasteiger partial charge in [-0.3, -0.25) is 0 Å². The Balaban J connectivity index is 1.59. The van der Waals surface area contributed by atoms with Crippen molar-refractivity contribution in [3.8, 4) is 0 Å². The third-order valence-electron chi connectivity index (χ3n) is 7.18. The second-order valence-electron chi connectivity index (χ2n) is 8.12. The summed E-state index contributed by atoms with van der Waals surface area (Å²) in [5.74, 6) is 1.45. The van der Waals surface area contributed by atoms with Gasteiger partial charge in [-0.2, -0.15) is 0 Å². The lowest BCUT2D eigenvalue weighted by atomic mass is 9.68. The molecule has 1 aromatic carbocycles. The summed E-state index contributed by atoms with van der Waals surface area (Å²) in [4.78, 5) is 5.02. The first-order valence-electron chi connectivity index (χ1n) is 8.55. The van der Waals surface area contributed by atoms with Gasteiger partial charge in [0.25, 0.3) is 0 Å². The van der Waals surface area contributed by atoms with Crippen LogP contribution >= 0.6 is 0 Å². The van der Waals surface area contributed by atoms with E-state index in [2.05, 4.69) is 38.1 Å². The van der Waals surface area contributed by atoms with Crippen LogP contribution in [0.4, 0.5) is 0 Å². The van der Waals surface area contributed by atoms with Gasteiger partial charge >= 0.3 is 0 Å². The zero-order chi connectivity index (χ0) is 15.1. The normalized spacial score (nSPS) is 43.7. The van der Waals surface area contributed by atoms with Crippen LogP contribution in [0.3, 0.4) is 0 Å². The predicted octanol–water partition coefficient (Wildman–Crippen LogP) is 3.27. The minimum absolute atomic E-state index is 0.0867. The summed E-state index contributed by atoms with van der Waals surface area (Å²) in [6, 6.07) is 8.69. The van der Waals surface area contributed by atoms with Gasteiger partial charge in [-0.1, -0.05) is 38.1 Å². The number of rotatable bonds is 1. The van der Waals surface area contributed by atoms with Crippen LogP contribution < -0.4 is 0 Å². The molecule has 0 saturated heterocycles. The molecule has 116 valence electrons. The lowest BCUT2D eigenvalue weighted by Gasteiger charge is -2.39. The average Bonchev–Trinajstić information content (AvgIpc) is 3.15. The highest BCUT2D eigenvalue weighted by Crippen LogP contribution is 2.67. The van der Waals surface area contributed by atoms with Crippen LogP contribution in [0.2, 0.25) is 0 Å². The van der Waals surface area contributed by atoms with Crippen molar-refractivity contribution in [3.63, 3.8) is 0 Å². The molecule has 5 rings (SSSR count). The molecule has 0 radical (unpaired) electrons. The van der Waals surface area contributed by atoms with Crippen LogP contribution in [0.1, 0.15) is 50.3 Å². The Morgan fingerprint density at radius 3 is 2.82 bits per heavy atom. The SMILES string of the molecule is CC1(C)C2CCC1(C1=N[C@@H]3c4ccccc4CC3O1)C(O)C2. The smallest absolute Gasteiger partial charge is 0.193 e. The number of benzene rings is 1. The molecule has 2 bridgehead atoms. The minimum atomic E-state index is -0.297. The van der Waals surface area contributed by atoms with E-state index in [1.54, 1.807) is 0 Å². The lowest BCUT2D eigenvalue weighted by molar-refractivity contribution is 0.0289. The average molecular weight is 297 g/mol. The van der Waals surface area contributed by atoms with Gasteiger partial charge in [-0.15, -0.1) is 0 Å². The number of hydrogen-bond acceptors (Lipinski definition) is 3. The molecule has 1 N–H and O–H groups in total. The van der Waals surface area contributed by atoms with Gasteiger partial charge in [0.2, 0.25) is 0 Å². The second-order valence-corrected chi connectivity index (χ2v) is 8.12. The molecule has 2 saturated carbocycles. The van der Waals surface area contributed by atoms with E-state index in [0.29, 0.717) is 5.92 Å². The number of hydrogen-bond donors (Lipinski definition) is 1. The molecule has 3 heteroatoms. The van der Waals surface area contributed by atoms with E-state index in [1.165, 1.54) is 17.5 Å². The van der Waals surface area contributed by atoms with Crippen molar-refractivity contribution in [1.82, 2.24) is 0 Å². The van der Waals surface area contributed by atoms with Crippen molar-refractivity contribution in [1.29, 1.82) is 0 Å². The molecule has 1 aromatic rings. The summed E-state index contributed by atoms with van der Waals surface area (Å²) in [5, 5.41) is 10.8. The van der Waals surface area contributed by atoms with Crippen molar-refractivity contribution in [3.05, 3.63) is 35.4 Å². The van der Waals surface area contributed by atoms with Gasteiger partial charge in [0, 0.05) is 6.42 Å². The second kappa shape index (κ2) is 3.94. The van der Waals surface area contributed by atoms with E-state index < -0.39 is 0 Å². The molecule has 0 spiro atoms. The maximum absolute atomic E-state index is 10.8. The van der Waals surface area contributed by atoms with Crippen LogP contribution in [0.5, 0.6) is 0 Å². The molecular weight excluding hydrogens is 274 g/mol. The van der Waals surface area contributed by atoms with Crippen LogP contribution in [0.15, 0.2) is 29.3 Å². The predicted molar refractivity (Wildman–Crippen MR) is 84.8 cm³/mol. The van der Waals surface area contributed by atoms with E-state index in [0.717, 1.165) is 25.2 Å². The fourth-order valence-corrected chi connectivity index (χ4v) is 5.77. The van der Waals surface area contributed by atoms with Gasteiger partial charge in [0.1, 0.15) is 12.1 Å². The van der Waals surface area contributed by atoms with Crippen LogP contribution in [-0.2, 0) is 11.2 Å². The first-order chi connectivity index (χ1) is 10.5. The Morgan fingerprint density at radius 1 is 1.27 bits per heavy atom. The molecule has 3 aliphatic carbocycles. The third kappa shape index (κ3) is 1.31. The summed E-state index contributed by atoms with van der Waals surface area (Å²) in [6.07, 6.45) is 3.91. The number of aliphatic hydroxyl groups is 1. The molecule has 4 unspecified atom stereocenters. The number of aliphatic hydroxyl groups excluding tert-OH is 1. The Hall–Kier alpha value is -1.35. The molecule has 5 atom stereocenters. The van der Waals surface area contributed by atoms with E-state index in [1.807, 2.05) is 0 Å². The third-order valence-corrected chi connectivity index (χ3v) is 7.18. The topological polar surface area (TPSA) is 41.8 Å². The van der Waals surface area contributed by atoms with E-state index in [9.17, 15) is 5.11 Å². The number of aliphatic imine (C=N–C) groups is 1. The summed E-state index contributed by atoms with van der Waals surface area (Å²) in [6.45, 7) is 4.60. The quantitative estimate of drug-likeness (QED) is 0.864. The maximum atomic E-state index is 10.8. The van der Waals surface area contributed by atoms with Crippen molar-refractivity contribution in [2.75, 3.05) is 0 Å². The van der Waals surface area contributed by atoms with Gasteiger partial charge in [-0.25, -0.2) is 4.99 Å². The Kier molecular flexibility index (Phi) is 2.35. The minimum Gasteiger partial charge on any atom is -0.474 e. The maximum Gasteiger partial charge on any atom is 0.193 e. The Morgan fingerprint density at radius 2 is 2.09 bits per heavy atom. The van der Waals surface area contributed by atoms with Crippen LogP contribution in [0.25, 0.3) is 0 Å². The highest BCUT2D eigenvalue weighted by molar-refractivity contribution is 5.87. The standard InChI is InChI=1S/C19H23NO2/c1-18(2)12-7-8-19(18,15(21)10-12)17-20-16-13-6-4-3-5-11(13)9-14(16)22-17/h3-6,12,14-16,21H,7-10H2,1-2H3/t12?,14?,15?,16-,19?/m1/s1. The fourth-order valence-electron chi connectivity index (χ4n) is 5.77. The molecule has 0 amide bonds. The lowest BCUT2D eigenvalue weighted by Crippen LogP contribution is -2.46. The first kappa shape index (κ1) is 13.1. The number of nitrogens with zero attached hydrogens (tertiary/aromatic N) is 1. The molecule has 4 aliphatic rings. The fraction of sp³-hybridized carbons (Fsp3) is 0.632. The largest absolute Gasteiger partial charge is 0.474 e. The van der Waals surface area contributed by atoms with Gasteiger partial charge in [-0.05, 0) is 41.7 Å². The van der Waals surface area contributed by atoms with Gasteiger partial charge in [0.05, 0.1) is 11.5 Å². The summed E-state index contributed by atoms with van der Waals surface area (Å²) in [7, 11) is 0. The first-order valence-corrected chi connectivity index (χ1v) is 8.55. The summed E-state index contributed by atoms with van der Waals surface area (Å²) < 4.78 is 6.37. The van der Waals surface area contributed by atoms with Crippen LogP contribution in [-0.4, -0.2) is 23.2 Å². The Bertz CT molecular complexity index is 680. The summed E-state index contributed by atoms with van der Waals surface area (Å²) >= 11 is 0. The highest BCUT2D eigenvalue weighted by Gasteiger charge is 2.68. The molecular formula is C19H23NO2. The number of ether oxygens (including phenoxy) is 1. The van der Waals surface area contributed by atoms with Crippen molar-refractivity contribution in [2.45, 2.75) is 57.8 Å². The number of fused-ring (bicyclic) bond motifs is 5. The Labute approximate surface area is 131 Å². The molecule has 3 nitrogen and oxygen atoms in total. The van der Waals surface area contributed by atoms with E-state index in [-0.39, 0.29) is 29.1 Å². The van der Waals surface area contributed by atoms with Crippen molar-refractivity contribution < 1.29 is 9.84 Å². The zero-order valence-corrected chi connectivity index (χ0v) is 13.2. The molecule has 1 heterocycles.